The number of benzene rings is 2. The van der Waals surface area contributed by atoms with Gasteiger partial charge in [0, 0.05) is 36.2 Å². The summed E-state index contributed by atoms with van der Waals surface area (Å²) in [5.74, 6) is -0.637. The third-order valence-corrected chi connectivity index (χ3v) is 7.13. The fraction of sp³-hybridized carbons (Fsp3) is 0.316. The van der Waals surface area contributed by atoms with Crippen LogP contribution in [0.15, 0.2) is 47.4 Å². The first-order chi connectivity index (χ1) is 13.7. The molecule has 0 atom stereocenters. The van der Waals surface area contributed by atoms with E-state index in [1.165, 1.54) is 40.7 Å². The Balaban J connectivity index is 1.65. The van der Waals surface area contributed by atoms with Gasteiger partial charge in [0.05, 0.1) is 15.5 Å². The van der Waals surface area contributed by atoms with Gasteiger partial charge in [-0.15, -0.1) is 0 Å². The number of hydrogen-bond acceptors (Lipinski definition) is 5. The second kappa shape index (κ2) is 8.48. The Labute approximate surface area is 173 Å². The van der Waals surface area contributed by atoms with Crippen LogP contribution in [0.4, 0.5) is 11.4 Å². The van der Waals surface area contributed by atoms with Crippen LogP contribution >= 0.6 is 11.6 Å². The maximum atomic E-state index is 12.7. The van der Waals surface area contributed by atoms with Crippen molar-refractivity contribution in [2.45, 2.75) is 24.7 Å². The molecular weight excluding hydrogens is 418 g/mol. The van der Waals surface area contributed by atoms with E-state index in [4.69, 9.17) is 11.6 Å². The molecule has 10 heteroatoms. The van der Waals surface area contributed by atoms with E-state index in [-0.39, 0.29) is 35.5 Å². The summed E-state index contributed by atoms with van der Waals surface area (Å²) in [4.78, 5) is 23.2. The molecule has 0 bridgehead atoms. The molecular formula is C19H20ClN3O5S. The van der Waals surface area contributed by atoms with Crippen molar-refractivity contribution in [1.82, 2.24) is 4.31 Å². The third kappa shape index (κ3) is 4.75. The zero-order valence-electron chi connectivity index (χ0n) is 15.7. The second-order valence-electron chi connectivity index (χ2n) is 6.88. The Kier molecular flexibility index (Phi) is 6.21. The summed E-state index contributed by atoms with van der Waals surface area (Å²) in [7, 11) is -3.64. The first kappa shape index (κ1) is 21.2. The van der Waals surface area contributed by atoms with Gasteiger partial charge in [-0.05, 0) is 49.6 Å². The average Bonchev–Trinajstić information content (AvgIpc) is 2.70. The van der Waals surface area contributed by atoms with E-state index in [1.807, 2.05) is 0 Å². The lowest BCUT2D eigenvalue weighted by Crippen LogP contribution is -2.41. The van der Waals surface area contributed by atoms with Crippen LogP contribution in [-0.2, 0) is 14.8 Å². The average molecular weight is 438 g/mol. The van der Waals surface area contributed by atoms with Crippen LogP contribution < -0.4 is 5.32 Å². The van der Waals surface area contributed by atoms with E-state index in [1.54, 1.807) is 13.0 Å². The van der Waals surface area contributed by atoms with Gasteiger partial charge >= 0.3 is 0 Å². The number of piperidine rings is 1. The molecule has 3 rings (SSSR count). The smallest absolute Gasteiger partial charge is 0.271 e. The molecule has 0 spiro atoms. The summed E-state index contributed by atoms with van der Waals surface area (Å²) in [6, 6.07) is 10.3. The molecule has 0 aromatic heterocycles. The van der Waals surface area contributed by atoms with Crippen LogP contribution in [0.2, 0.25) is 5.02 Å². The Hall–Kier alpha value is -2.49. The van der Waals surface area contributed by atoms with Gasteiger partial charge in [0.1, 0.15) is 0 Å². The number of anilines is 1. The molecule has 1 N–H and O–H groups in total. The van der Waals surface area contributed by atoms with Crippen molar-refractivity contribution >= 4 is 38.9 Å². The number of hydrogen-bond donors (Lipinski definition) is 1. The van der Waals surface area contributed by atoms with Crippen LogP contribution in [0.1, 0.15) is 18.4 Å². The standard InChI is InChI=1S/C19H20ClN3O5S/c1-13-2-5-16(23(25)26)12-18(13)21-19(24)14-8-10-22(11-9-14)29(27,28)17-6-3-15(20)4-7-17/h2-7,12,14H,8-11H2,1H3,(H,21,24). The van der Waals surface area contributed by atoms with Crippen LogP contribution in [-0.4, -0.2) is 36.6 Å². The molecule has 0 unspecified atom stereocenters. The van der Waals surface area contributed by atoms with Crippen LogP contribution in [0, 0.1) is 23.0 Å². The zero-order chi connectivity index (χ0) is 21.2. The quantitative estimate of drug-likeness (QED) is 0.567. The van der Waals surface area contributed by atoms with Gasteiger partial charge in [-0.3, -0.25) is 14.9 Å². The number of nitro benzene ring substituents is 1. The van der Waals surface area contributed by atoms with Crippen molar-refractivity contribution in [2.24, 2.45) is 5.92 Å². The van der Waals surface area contributed by atoms with Gasteiger partial charge in [0.25, 0.3) is 5.69 Å². The Morgan fingerprint density at radius 3 is 2.38 bits per heavy atom. The van der Waals surface area contributed by atoms with Gasteiger partial charge in [-0.25, -0.2) is 8.42 Å². The molecule has 2 aromatic carbocycles. The summed E-state index contributed by atoms with van der Waals surface area (Å²) < 4.78 is 26.8. The molecule has 1 amide bonds. The molecule has 154 valence electrons. The number of halogens is 1. The molecule has 0 saturated carbocycles. The van der Waals surface area contributed by atoms with E-state index in [0.29, 0.717) is 29.1 Å². The summed E-state index contributed by atoms with van der Waals surface area (Å²) in [5.41, 5.74) is 1.00. The molecule has 8 nitrogen and oxygen atoms in total. The SMILES string of the molecule is Cc1ccc([N+](=O)[O-])cc1NC(=O)C1CCN(S(=O)(=O)c2ccc(Cl)cc2)CC1. The van der Waals surface area contributed by atoms with Gasteiger partial charge in [-0.2, -0.15) is 4.31 Å². The molecule has 1 saturated heterocycles. The largest absolute Gasteiger partial charge is 0.325 e. The highest BCUT2D eigenvalue weighted by molar-refractivity contribution is 7.89. The van der Waals surface area contributed by atoms with E-state index >= 15 is 0 Å². The number of carbonyl (C=O) groups excluding carboxylic acids is 1. The lowest BCUT2D eigenvalue weighted by molar-refractivity contribution is -0.384. The van der Waals surface area contributed by atoms with Crippen molar-refractivity contribution in [3.05, 3.63) is 63.2 Å². The van der Waals surface area contributed by atoms with Crippen molar-refractivity contribution in [3.63, 3.8) is 0 Å². The van der Waals surface area contributed by atoms with Crippen molar-refractivity contribution in [3.8, 4) is 0 Å². The van der Waals surface area contributed by atoms with Gasteiger partial charge < -0.3 is 5.32 Å². The number of sulfonamides is 1. The first-order valence-electron chi connectivity index (χ1n) is 9.00. The predicted octanol–water partition coefficient (Wildman–Crippen LogP) is 3.60. The third-order valence-electron chi connectivity index (χ3n) is 4.97. The Morgan fingerprint density at radius 1 is 1.17 bits per heavy atom. The van der Waals surface area contributed by atoms with Crippen molar-refractivity contribution in [2.75, 3.05) is 18.4 Å². The molecule has 2 aromatic rings. The monoisotopic (exact) mass is 437 g/mol. The molecule has 1 heterocycles. The summed E-state index contributed by atoms with van der Waals surface area (Å²) >= 11 is 5.82. The Bertz CT molecular complexity index is 1030. The number of aryl methyl sites for hydroxylation is 1. The summed E-state index contributed by atoms with van der Waals surface area (Å²) in [6.45, 7) is 2.19. The minimum absolute atomic E-state index is 0.102. The highest BCUT2D eigenvalue weighted by Gasteiger charge is 2.32. The number of rotatable bonds is 5. The second-order valence-corrected chi connectivity index (χ2v) is 9.25. The van der Waals surface area contributed by atoms with Crippen molar-refractivity contribution in [1.29, 1.82) is 0 Å². The van der Waals surface area contributed by atoms with E-state index < -0.39 is 14.9 Å². The van der Waals surface area contributed by atoms with Crippen LogP contribution in [0.25, 0.3) is 0 Å². The number of non-ortho nitro benzene ring substituents is 1. The highest BCUT2D eigenvalue weighted by Crippen LogP contribution is 2.27. The maximum Gasteiger partial charge on any atom is 0.271 e. The molecule has 1 aliphatic rings. The lowest BCUT2D eigenvalue weighted by atomic mass is 9.97. The topological polar surface area (TPSA) is 110 Å². The van der Waals surface area contributed by atoms with Crippen LogP contribution in [0.3, 0.4) is 0 Å². The van der Waals surface area contributed by atoms with Gasteiger partial charge in [0.2, 0.25) is 15.9 Å². The van der Waals surface area contributed by atoms with Gasteiger partial charge in [0.15, 0.2) is 0 Å². The van der Waals surface area contributed by atoms with E-state index in [0.717, 1.165) is 0 Å². The predicted molar refractivity (Wildman–Crippen MR) is 109 cm³/mol. The number of nitro groups is 1. The summed E-state index contributed by atoms with van der Waals surface area (Å²) in [6.07, 6.45) is 0.735. The molecule has 1 aliphatic heterocycles. The minimum Gasteiger partial charge on any atom is -0.325 e. The molecule has 0 aliphatic carbocycles. The van der Waals surface area contributed by atoms with Crippen LogP contribution in [0.5, 0.6) is 0 Å². The number of nitrogens with one attached hydrogen (secondary N) is 1. The summed E-state index contributed by atoms with van der Waals surface area (Å²) in [5, 5.41) is 14.1. The highest BCUT2D eigenvalue weighted by atomic mass is 35.5. The zero-order valence-corrected chi connectivity index (χ0v) is 17.2. The van der Waals surface area contributed by atoms with Gasteiger partial charge in [-0.1, -0.05) is 17.7 Å². The van der Waals surface area contributed by atoms with E-state index in [2.05, 4.69) is 5.32 Å². The molecule has 1 fully saturated rings. The van der Waals surface area contributed by atoms with Crippen molar-refractivity contribution < 1.29 is 18.1 Å². The number of carbonyl (C=O) groups is 1. The normalized spacial score (nSPS) is 15.8. The minimum atomic E-state index is -3.64. The maximum absolute atomic E-state index is 12.7. The number of amides is 1. The Morgan fingerprint density at radius 2 is 1.79 bits per heavy atom. The molecule has 29 heavy (non-hydrogen) atoms. The lowest BCUT2D eigenvalue weighted by Gasteiger charge is -2.30. The number of nitrogens with zero attached hydrogens (tertiary/aromatic N) is 2. The first-order valence-corrected chi connectivity index (χ1v) is 10.8. The van der Waals surface area contributed by atoms with E-state index in [9.17, 15) is 23.3 Å². The fourth-order valence-electron chi connectivity index (χ4n) is 3.21. The molecule has 0 radical (unpaired) electrons. The fourth-order valence-corrected chi connectivity index (χ4v) is 4.80.